The number of benzene rings is 1. The minimum atomic E-state index is 0.189. The summed E-state index contributed by atoms with van der Waals surface area (Å²) < 4.78 is 1.14. The van der Waals surface area contributed by atoms with E-state index >= 15 is 0 Å². The van der Waals surface area contributed by atoms with Gasteiger partial charge in [-0.25, -0.2) is 0 Å². The van der Waals surface area contributed by atoms with E-state index in [1.165, 1.54) is 16.0 Å². The van der Waals surface area contributed by atoms with Gasteiger partial charge < -0.3 is 10.2 Å². The number of thiophene rings is 1. The first-order valence-corrected chi connectivity index (χ1v) is 8.53. The molecule has 1 aromatic heterocycles. The van der Waals surface area contributed by atoms with Crippen molar-refractivity contribution >= 4 is 38.9 Å². The first-order valence-electron chi connectivity index (χ1n) is 6.92. The number of rotatable bonds is 3. The molecule has 2 heterocycles. The number of carbonyl (C=O) groups excluding carboxylic acids is 1. The second-order valence-corrected chi connectivity index (χ2v) is 7.70. The fraction of sp³-hybridized carbons (Fsp3) is 0.312. The van der Waals surface area contributed by atoms with Crippen LogP contribution in [0.4, 0.5) is 5.69 Å². The minimum absolute atomic E-state index is 0.189. The average molecular weight is 365 g/mol. The highest BCUT2D eigenvalue weighted by Crippen LogP contribution is 2.34. The maximum atomic E-state index is 11.8. The molecule has 5 heteroatoms. The Morgan fingerprint density at radius 2 is 2.10 bits per heavy atom. The third-order valence-electron chi connectivity index (χ3n) is 3.95. The molecule has 110 valence electrons. The van der Waals surface area contributed by atoms with Crippen LogP contribution in [-0.4, -0.2) is 20.0 Å². The minimum Gasteiger partial charge on any atom is -0.315 e. The lowest BCUT2D eigenvalue weighted by Gasteiger charge is -2.27. The van der Waals surface area contributed by atoms with Crippen molar-refractivity contribution in [1.82, 2.24) is 5.32 Å². The van der Waals surface area contributed by atoms with Crippen LogP contribution in [0.2, 0.25) is 0 Å². The van der Waals surface area contributed by atoms with Crippen LogP contribution >= 0.6 is 27.3 Å². The van der Waals surface area contributed by atoms with Crippen LogP contribution in [0.25, 0.3) is 0 Å². The second kappa shape index (κ2) is 5.91. The van der Waals surface area contributed by atoms with E-state index in [1.807, 2.05) is 14.1 Å². The zero-order valence-corrected chi connectivity index (χ0v) is 14.4. The molecule has 0 saturated heterocycles. The lowest BCUT2D eigenvalue weighted by Crippen LogP contribution is -2.31. The second-order valence-electron chi connectivity index (χ2n) is 5.20. The first kappa shape index (κ1) is 14.8. The van der Waals surface area contributed by atoms with Crippen molar-refractivity contribution in [3.8, 4) is 0 Å². The number of carbonyl (C=O) groups is 1. The van der Waals surface area contributed by atoms with Gasteiger partial charge >= 0.3 is 0 Å². The van der Waals surface area contributed by atoms with Crippen LogP contribution in [0.1, 0.15) is 28.5 Å². The zero-order valence-electron chi connectivity index (χ0n) is 12.0. The number of amides is 1. The van der Waals surface area contributed by atoms with E-state index in [0.717, 1.165) is 15.9 Å². The van der Waals surface area contributed by atoms with Crippen molar-refractivity contribution in [3.05, 3.63) is 50.1 Å². The van der Waals surface area contributed by atoms with Gasteiger partial charge in [-0.1, -0.05) is 12.1 Å². The van der Waals surface area contributed by atoms with Gasteiger partial charge in [0.25, 0.3) is 0 Å². The molecule has 1 aliphatic heterocycles. The Kier molecular flexibility index (Phi) is 4.15. The first-order chi connectivity index (χ1) is 10.1. The van der Waals surface area contributed by atoms with E-state index in [4.69, 9.17) is 0 Å². The highest BCUT2D eigenvalue weighted by molar-refractivity contribution is 9.11. The predicted octanol–water partition coefficient (Wildman–Crippen LogP) is 3.73. The number of nitrogens with one attached hydrogen (secondary N) is 1. The largest absolute Gasteiger partial charge is 0.315 e. The molecule has 0 fully saturated rings. The average Bonchev–Trinajstić information content (AvgIpc) is 2.90. The van der Waals surface area contributed by atoms with Crippen molar-refractivity contribution < 1.29 is 4.79 Å². The predicted molar refractivity (Wildman–Crippen MR) is 91.1 cm³/mol. The van der Waals surface area contributed by atoms with E-state index < -0.39 is 0 Å². The highest BCUT2D eigenvalue weighted by Gasteiger charge is 2.22. The SMILES string of the molecule is CNC(c1ccc2c(c1)CCC(=O)N2C)c1ccc(Br)s1. The lowest BCUT2D eigenvalue weighted by molar-refractivity contribution is -0.118. The third kappa shape index (κ3) is 2.78. The third-order valence-corrected chi connectivity index (χ3v) is 5.64. The summed E-state index contributed by atoms with van der Waals surface area (Å²) in [5.74, 6) is 0.197. The van der Waals surface area contributed by atoms with Crippen LogP contribution in [0, 0.1) is 0 Å². The molecule has 2 aromatic rings. The summed E-state index contributed by atoms with van der Waals surface area (Å²) in [6.07, 6.45) is 1.43. The topological polar surface area (TPSA) is 32.3 Å². The summed E-state index contributed by atoms with van der Waals surface area (Å²) in [6.45, 7) is 0. The molecule has 0 saturated carbocycles. The fourth-order valence-electron chi connectivity index (χ4n) is 2.81. The molecule has 0 bridgehead atoms. The molecule has 0 radical (unpaired) electrons. The van der Waals surface area contributed by atoms with E-state index in [1.54, 1.807) is 16.2 Å². The smallest absolute Gasteiger partial charge is 0.227 e. The molecule has 0 spiro atoms. The van der Waals surface area contributed by atoms with Gasteiger partial charge in [-0.05, 0) is 58.7 Å². The van der Waals surface area contributed by atoms with Gasteiger partial charge in [0, 0.05) is 24.0 Å². The Labute approximate surface area is 137 Å². The van der Waals surface area contributed by atoms with Crippen LogP contribution < -0.4 is 10.2 Å². The Balaban J connectivity index is 1.98. The number of aryl methyl sites for hydroxylation is 1. The summed E-state index contributed by atoms with van der Waals surface area (Å²) >= 11 is 5.27. The van der Waals surface area contributed by atoms with Gasteiger partial charge in [-0.2, -0.15) is 0 Å². The molecule has 1 N–H and O–H groups in total. The van der Waals surface area contributed by atoms with Crippen LogP contribution in [0.3, 0.4) is 0 Å². The molecule has 1 atom stereocenters. The summed E-state index contributed by atoms with van der Waals surface area (Å²) in [5.41, 5.74) is 3.54. The number of fused-ring (bicyclic) bond motifs is 1. The number of anilines is 1. The maximum absolute atomic E-state index is 11.8. The molecular formula is C16H17BrN2OS. The molecular weight excluding hydrogens is 348 g/mol. The maximum Gasteiger partial charge on any atom is 0.227 e. The van der Waals surface area contributed by atoms with E-state index in [9.17, 15) is 4.79 Å². The van der Waals surface area contributed by atoms with E-state index in [0.29, 0.717) is 6.42 Å². The van der Waals surface area contributed by atoms with Gasteiger partial charge in [0.2, 0.25) is 5.91 Å². The van der Waals surface area contributed by atoms with E-state index in [-0.39, 0.29) is 11.9 Å². The Hall–Kier alpha value is -1.17. The van der Waals surface area contributed by atoms with Crippen LogP contribution in [-0.2, 0) is 11.2 Å². The van der Waals surface area contributed by atoms with Crippen molar-refractivity contribution in [3.63, 3.8) is 0 Å². The van der Waals surface area contributed by atoms with Crippen molar-refractivity contribution in [2.75, 3.05) is 19.0 Å². The Bertz CT molecular complexity index is 683. The van der Waals surface area contributed by atoms with Gasteiger partial charge in [-0.15, -0.1) is 11.3 Å². The molecule has 1 unspecified atom stereocenters. The van der Waals surface area contributed by atoms with Crippen LogP contribution in [0.15, 0.2) is 34.1 Å². The van der Waals surface area contributed by atoms with Gasteiger partial charge in [0.15, 0.2) is 0 Å². The van der Waals surface area contributed by atoms with Gasteiger partial charge in [0.05, 0.1) is 9.83 Å². The standard InChI is InChI=1S/C16H17BrN2OS/c1-18-16(13-6-7-14(17)21-13)11-3-5-12-10(9-11)4-8-15(20)19(12)2/h3,5-7,9,16,18H,4,8H2,1-2H3. The fourth-order valence-corrected chi connectivity index (χ4v) is 4.37. The summed E-state index contributed by atoms with van der Waals surface area (Å²) in [6, 6.07) is 10.8. The van der Waals surface area contributed by atoms with Gasteiger partial charge in [0.1, 0.15) is 0 Å². The van der Waals surface area contributed by atoms with Crippen LogP contribution in [0.5, 0.6) is 0 Å². The monoisotopic (exact) mass is 364 g/mol. The summed E-state index contributed by atoms with van der Waals surface area (Å²) in [5, 5.41) is 3.38. The zero-order chi connectivity index (χ0) is 15.0. The van der Waals surface area contributed by atoms with Crippen molar-refractivity contribution in [2.45, 2.75) is 18.9 Å². The number of halogens is 1. The number of hydrogen-bond donors (Lipinski definition) is 1. The molecule has 1 aliphatic rings. The Morgan fingerprint density at radius 1 is 1.29 bits per heavy atom. The molecule has 3 rings (SSSR count). The number of nitrogens with zero attached hydrogens (tertiary/aromatic N) is 1. The molecule has 21 heavy (non-hydrogen) atoms. The van der Waals surface area contributed by atoms with Gasteiger partial charge in [-0.3, -0.25) is 4.79 Å². The summed E-state index contributed by atoms with van der Waals surface area (Å²) in [7, 11) is 3.83. The van der Waals surface area contributed by atoms with Crippen molar-refractivity contribution in [1.29, 1.82) is 0 Å². The lowest BCUT2D eigenvalue weighted by atomic mass is 9.96. The quantitative estimate of drug-likeness (QED) is 0.899. The normalized spacial score (nSPS) is 16.0. The summed E-state index contributed by atoms with van der Waals surface area (Å²) in [4.78, 5) is 14.8. The molecule has 1 aromatic carbocycles. The van der Waals surface area contributed by atoms with E-state index in [2.05, 4.69) is 51.6 Å². The molecule has 3 nitrogen and oxygen atoms in total. The highest BCUT2D eigenvalue weighted by atomic mass is 79.9. The molecule has 0 aliphatic carbocycles. The van der Waals surface area contributed by atoms with Crippen molar-refractivity contribution in [2.24, 2.45) is 0 Å². The Morgan fingerprint density at radius 3 is 2.76 bits per heavy atom. The molecule has 1 amide bonds. The number of hydrogen-bond acceptors (Lipinski definition) is 3.